The summed E-state index contributed by atoms with van der Waals surface area (Å²) in [6, 6.07) is 8.32. The number of amides is 4. The molecule has 6 nitrogen and oxygen atoms in total. The third kappa shape index (κ3) is 2.36. The lowest BCUT2D eigenvalue weighted by atomic mass is 10.1. The summed E-state index contributed by atoms with van der Waals surface area (Å²) < 4.78 is 0. The van der Waals surface area contributed by atoms with E-state index in [1.54, 1.807) is 0 Å². The van der Waals surface area contributed by atoms with Crippen molar-refractivity contribution >= 4 is 12.1 Å². The van der Waals surface area contributed by atoms with Crippen LogP contribution in [0.4, 0.5) is 9.59 Å². The van der Waals surface area contributed by atoms with E-state index in [-0.39, 0.29) is 12.6 Å². The van der Waals surface area contributed by atoms with Gasteiger partial charge >= 0.3 is 12.1 Å². The normalized spacial score (nSPS) is 19.0. The van der Waals surface area contributed by atoms with E-state index in [4.69, 9.17) is 0 Å². The van der Waals surface area contributed by atoms with Gasteiger partial charge in [-0.25, -0.2) is 20.0 Å². The smallest absolute Gasteiger partial charge is 0.329 e. The van der Waals surface area contributed by atoms with Gasteiger partial charge in [0.05, 0.1) is 19.7 Å². The monoisotopic (exact) mass is 235 g/mol. The number of carbonyl (C=O) groups is 2. The molecule has 1 aliphatic rings. The average molecular weight is 235 g/mol. The molecule has 0 radical (unpaired) electrons. The van der Waals surface area contributed by atoms with E-state index < -0.39 is 12.1 Å². The molecule has 2 rings (SSSR count). The minimum atomic E-state index is -0.566. The summed E-state index contributed by atoms with van der Waals surface area (Å²) in [6.07, 6.45) is 0. The second-order valence-corrected chi connectivity index (χ2v) is 3.63. The minimum Gasteiger partial charge on any atom is -0.329 e. The standard InChI is InChI=1S/C11H13N3O3/c1-17-13-11(16)14-7-9(12-10(14)15)8-5-3-2-4-6-8/h2-6,9H,7H2,1H3,(H,12,15)(H,13,16)/t9-/m0/s1. The molecule has 1 aromatic carbocycles. The van der Waals surface area contributed by atoms with Crippen molar-refractivity contribution in [2.24, 2.45) is 0 Å². The molecule has 1 atom stereocenters. The van der Waals surface area contributed by atoms with Gasteiger partial charge in [0.25, 0.3) is 0 Å². The molecule has 0 spiro atoms. The minimum absolute atomic E-state index is 0.175. The Morgan fingerprint density at radius 1 is 1.47 bits per heavy atom. The second kappa shape index (κ2) is 4.84. The van der Waals surface area contributed by atoms with Gasteiger partial charge in [-0.3, -0.25) is 4.84 Å². The zero-order valence-corrected chi connectivity index (χ0v) is 9.34. The van der Waals surface area contributed by atoms with Crippen LogP contribution < -0.4 is 10.8 Å². The van der Waals surface area contributed by atoms with Crippen molar-refractivity contribution in [3.63, 3.8) is 0 Å². The molecule has 4 amide bonds. The van der Waals surface area contributed by atoms with E-state index in [0.29, 0.717) is 0 Å². The molecule has 0 bridgehead atoms. The van der Waals surface area contributed by atoms with Gasteiger partial charge in [0.15, 0.2) is 0 Å². The predicted molar refractivity (Wildman–Crippen MR) is 60.0 cm³/mol. The highest BCUT2D eigenvalue weighted by Gasteiger charge is 2.33. The molecule has 90 valence electrons. The summed E-state index contributed by atoms with van der Waals surface area (Å²) in [5.74, 6) is 0. The number of imide groups is 1. The van der Waals surface area contributed by atoms with Crippen LogP contribution in [0.25, 0.3) is 0 Å². The van der Waals surface area contributed by atoms with Crippen LogP contribution in [0.5, 0.6) is 0 Å². The third-order valence-corrected chi connectivity index (χ3v) is 2.54. The predicted octanol–water partition coefficient (Wildman–Crippen LogP) is 1.02. The van der Waals surface area contributed by atoms with Crippen molar-refractivity contribution in [2.75, 3.05) is 13.7 Å². The molecule has 0 saturated carbocycles. The number of hydrogen-bond donors (Lipinski definition) is 2. The van der Waals surface area contributed by atoms with Crippen LogP contribution >= 0.6 is 0 Å². The van der Waals surface area contributed by atoms with Crippen LogP contribution in [-0.2, 0) is 4.84 Å². The van der Waals surface area contributed by atoms with Crippen molar-refractivity contribution in [2.45, 2.75) is 6.04 Å². The Bertz CT molecular complexity index is 421. The van der Waals surface area contributed by atoms with E-state index in [1.807, 2.05) is 30.3 Å². The molecule has 1 saturated heterocycles. The summed E-state index contributed by atoms with van der Waals surface area (Å²) in [4.78, 5) is 28.6. The lowest BCUT2D eigenvalue weighted by Gasteiger charge is -2.12. The third-order valence-electron chi connectivity index (χ3n) is 2.54. The summed E-state index contributed by atoms with van der Waals surface area (Å²) in [5.41, 5.74) is 3.08. The van der Waals surface area contributed by atoms with Crippen molar-refractivity contribution in [3.8, 4) is 0 Å². The van der Waals surface area contributed by atoms with Gasteiger partial charge in [-0.05, 0) is 5.56 Å². The van der Waals surface area contributed by atoms with Crippen molar-refractivity contribution in [3.05, 3.63) is 35.9 Å². The Kier molecular flexibility index (Phi) is 3.24. The fourth-order valence-corrected chi connectivity index (χ4v) is 1.73. The first kappa shape index (κ1) is 11.4. The van der Waals surface area contributed by atoms with Gasteiger partial charge in [-0.1, -0.05) is 30.3 Å². The number of nitrogens with one attached hydrogen (secondary N) is 2. The number of benzene rings is 1. The molecule has 1 fully saturated rings. The van der Waals surface area contributed by atoms with E-state index >= 15 is 0 Å². The Morgan fingerprint density at radius 2 is 2.18 bits per heavy atom. The molecular weight excluding hydrogens is 222 g/mol. The molecule has 0 aliphatic carbocycles. The SMILES string of the molecule is CONC(=O)N1C[C@@H](c2ccccc2)NC1=O. The average Bonchev–Trinajstić information content (AvgIpc) is 2.73. The summed E-state index contributed by atoms with van der Waals surface area (Å²) in [5, 5.41) is 2.73. The molecule has 0 unspecified atom stereocenters. The number of urea groups is 2. The highest BCUT2D eigenvalue weighted by molar-refractivity contribution is 5.94. The maximum atomic E-state index is 11.6. The van der Waals surface area contributed by atoms with E-state index in [1.165, 1.54) is 7.11 Å². The first-order valence-corrected chi connectivity index (χ1v) is 5.18. The van der Waals surface area contributed by atoms with Crippen molar-refractivity contribution < 1.29 is 14.4 Å². The maximum absolute atomic E-state index is 11.6. The number of rotatable bonds is 2. The molecule has 0 aromatic heterocycles. The first-order valence-electron chi connectivity index (χ1n) is 5.18. The first-order chi connectivity index (χ1) is 8.22. The van der Waals surface area contributed by atoms with Crippen LogP contribution in [0.1, 0.15) is 11.6 Å². The highest BCUT2D eigenvalue weighted by Crippen LogP contribution is 2.19. The summed E-state index contributed by atoms with van der Waals surface area (Å²) in [7, 11) is 1.32. The van der Waals surface area contributed by atoms with Crippen LogP contribution in [-0.4, -0.2) is 30.6 Å². The number of hydroxylamine groups is 1. The molecule has 17 heavy (non-hydrogen) atoms. The molecule has 2 N–H and O–H groups in total. The second-order valence-electron chi connectivity index (χ2n) is 3.63. The zero-order chi connectivity index (χ0) is 12.3. The van der Waals surface area contributed by atoms with Crippen molar-refractivity contribution in [1.82, 2.24) is 15.7 Å². The van der Waals surface area contributed by atoms with Gasteiger partial charge in [0.2, 0.25) is 0 Å². The number of carbonyl (C=O) groups excluding carboxylic acids is 2. The highest BCUT2D eigenvalue weighted by atomic mass is 16.6. The molecule has 6 heteroatoms. The van der Waals surface area contributed by atoms with Crippen molar-refractivity contribution in [1.29, 1.82) is 0 Å². The Hall–Kier alpha value is -2.08. The fraction of sp³-hybridized carbons (Fsp3) is 0.273. The van der Waals surface area contributed by atoms with E-state index in [9.17, 15) is 9.59 Å². The van der Waals surface area contributed by atoms with Gasteiger partial charge in [-0.2, -0.15) is 0 Å². The van der Waals surface area contributed by atoms with Crippen LogP contribution in [0.3, 0.4) is 0 Å². The summed E-state index contributed by atoms with van der Waals surface area (Å²) >= 11 is 0. The lowest BCUT2D eigenvalue weighted by Crippen LogP contribution is -2.41. The zero-order valence-electron chi connectivity index (χ0n) is 9.34. The lowest BCUT2D eigenvalue weighted by molar-refractivity contribution is 0.0939. The molecule has 1 heterocycles. The van der Waals surface area contributed by atoms with Gasteiger partial charge in [-0.15, -0.1) is 0 Å². The Morgan fingerprint density at radius 3 is 2.82 bits per heavy atom. The molecule has 1 aliphatic heterocycles. The van der Waals surface area contributed by atoms with Gasteiger partial charge in [0, 0.05) is 0 Å². The molecule has 1 aromatic rings. The number of hydrogen-bond acceptors (Lipinski definition) is 3. The van der Waals surface area contributed by atoms with E-state index in [0.717, 1.165) is 10.5 Å². The topological polar surface area (TPSA) is 70.7 Å². The van der Waals surface area contributed by atoms with Crippen LogP contribution in [0.2, 0.25) is 0 Å². The Labute approximate surface area is 98.5 Å². The summed E-state index contributed by atoms with van der Waals surface area (Å²) in [6.45, 7) is 0.290. The molecular formula is C11H13N3O3. The van der Waals surface area contributed by atoms with Gasteiger partial charge in [0.1, 0.15) is 0 Å². The Balaban J connectivity index is 2.07. The quantitative estimate of drug-likeness (QED) is 0.752. The maximum Gasteiger partial charge on any atom is 0.349 e. The van der Waals surface area contributed by atoms with Crippen LogP contribution in [0.15, 0.2) is 30.3 Å². The van der Waals surface area contributed by atoms with Crippen LogP contribution in [0, 0.1) is 0 Å². The fourth-order valence-electron chi connectivity index (χ4n) is 1.73. The number of nitrogens with zero attached hydrogens (tertiary/aromatic N) is 1. The van der Waals surface area contributed by atoms with E-state index in [2.05, 4.69) is 15.6 Å². The largest absolute Gasteiger partial charge is 0.349 e. The van der Waals surface area contributed by atoms with Gasteiger partial charge < -0.3 is 5.32 Å².